The third-order valence-electron chi connectivity index (χ3n) is 4.50. The first-order valence-electron chi connectivity index (χ1n) is 9.46. The molecule has 0 bridgehead atoms. The van der Waals surface area contributed by atoms with Gasteiger partial charge in [-0.1, -0.05) is 35.5 Å². The molecular formula is C23H24N4O3. The minimum Gasteiger partial charge on any atom is -0.489 e. The summed E-state index contributed by atoms with van der Waals surface area (Å²) in [6.07, 6.45) is 3.46. The van der Waals surface area contributed by atoms with Crippen LogP contribution >= 0.6 is 0 Å². The van der Waals surface area contributed by atoms with E-state index in [1.165, 1.54) is 0 Å². The molecule has 154 valence electrons. The molecule has 0 saturated carbocycles. The number of oxime groups is 1. The number of hydrogen-bond acceptors (Lipinski definition) is 5. The summed E-state index contributed by atoms with van der Waals surface area (Å²) < 4.78 is 5.76. The predicted octanol–water partition coefficient (Wildman–Crippen LogP) is 3.55. The molecule has 3 aromatic rings. The zero-order chi connectivity index (χ0) is 21.3. The van der Waals surface area contributed by atoms with Gasteiger partial charge < -0.3 is 20.6 Å². The van der Waals surface area contributed by atoms with E-state index in [0.29, 0.717) is 17.9 Å². The number of aryl methyl sites for hydroxylation is 1. The number of ether oxygens (including phenoxy) is 1. The highest BCUT2D eigenvalue weighted by Crippen LogP contribution is 2.18. The van der Waals surface area contributed by atoms with E-state index in [0.717, 1.165) is 22.4 Å². The number of nitrogens with two attached hydrogens (primary N) is 1. The Morgan fingerprint density at radius 2 is 1.97 bits per heavy atom. The number of rotatable bonds is 8. The van der Waals surface area contributed by atoms with Crippen LogP contribution in [-0.2, 0) is 16.2 Å². The van der Waals surface area contributed by atoms with Crippen molar-refractivity contribution in [2.75, 3.05) is 11.9 Å². The number of nitrogens with zero attached hydrogens (tertiary/aromatic N) is 2. The first-order valence-corrected chi connectivity index (χ1v) is 9.46. The highest BCUT2D eigenvalue weighted by Gasteiger charge is 2.07. The topological polar surface area (TPSA) is 98.8 Å². The van der Waals surface area contributed by atoms with Crippen molar-refractivity contribution in [3.63, 3.8) is 0 Å². The quantitative estimate of drug-likeness (QED) is 0.340. The van der Waals surface area contributed by atoms with Gasteiger partial charge in [-0.25, -0.2) is 0 Å². The Kier molecular flexibility index (Phi) is 7.00. The van der Waals surface area contributed by atoms with Gasteiger partial charge in [0.15, 0.2) is 12.4 Å². The summed E-state index contributed by atoms with van der Waals surface area (Å²) in [6.45, 7) is 4.08. The number of hydrogen-bond donors (Lipinski definition) is 2. The molecule has 0 aliphatic carbocycles. The second-order valence-electron chi connectivity index (χ2n) is 6.72. The smallest absolute Gasteiger partial charge is 0.265 e. The molecular weight excluding hydrogens is 380 g/mol. The van der Waals surface area contributed by atoms with E-state index in [1.54, 1.807) is 24.5 Å². The molecule has 7 nitrogen and oxygen atoms in total. The van der Waals surface area contributed by atoms with E-state index >= 15 is 0 Å². The van der Waals surface area contributed by atoms with E-state index in [9.17, 15) is 4.79 Å². The summed E-state index contributed by atoms with van der Waals surface area (Å²) in [5, 5.41) is 6.65. The number of amides is 1. The summed E-state index contributed by atoms with van der Waals surface area (Å²) in [4.78, 5) is 21.3. The number of amidine groups is 1. The van der Waals surface area contributed by atoms with Gasteiger partial charge in [-0.3, -0.25) is 9.78 Å². The van der Waals surface area contributed by atoms with Crippen LogP contribution in [0.5, 0.6) is 5.75 Å². The Morgan fingerprint density at radius 1 is 1.13 bits per heavy atom. The number of carbonyl (C=O) groups excluding carboxylic acids is 1. The fraction of sp³-hybridized carbons (Fsp3) is 0.174. The van der Waals surface area contributed by atoms with Crippen LogP contribution in [-0.4, -0.2) is 23.3 Å². The van der Waals surface area contributed by atoms with Crippen molar-refractivity contribution in [3.05, 3.63) is 89.2 Å². The Hall–Kier alpha value is -3.87. The standard InChI is InChI=1S/C23H24N4O3/c1-16-6-3-10-21(17(16)2)26-22(28)15-30-27-23(24)19-8-4-9-20(12-19)29-14-18-7-5-11-25-13-18/h3-13H,14-15H2,1-2H3,(H2,24,27)(H,26,28). The Bertz CT molecular complexity index is 1040. The number of pyridine rings is 1. The minimum atomic E-state index is -0.311. The predicted molar refractivity (Wildman–Crippen MR) is 116 cm³/mol. The molecule has 0 fully saturated rings. The van der Waals surface area contributed by atoms with Crippen molar-refractivity contribution >= 4 is 17.4 Å². The molecule has 7 heteroatoms. The van der Waals surface area contributed by atoms with Crippen LogP contribution in [0.2, 0.25) is 0 Å². The van der Waals surface area contributed by atoms with Crippen molar-refractivity contribution in [1.29, 1.82) is 0 Å². The molecule has 0 radical (unpaired) electrons. The minimum absolute atomic E-state index is 0.154. The van der Waals surface area contributed by atoms with Gasteiger partial charge in [-0.2, -0.15) is 0 Å². The fourth-order valence-corrected chi connectivity index (χ4v) is 2.68. The van der Waals surface area contributed by atoms with Crippen LogP contribution < -0.4 is 15.8 Å². The van der Waals surface area contributed by atoms with E-state index < -0.39 is 0 Å². The molecule has 1 aromatic heterocycles. The zero-order valence-corrected chi connectivity index (χ0v) is 17.0. The van der Waals surface area contributed by atoms with Crippen molar-refractivity contribution in [3.8, 4) is 5.75 Å². The second-order valence-corrected chi connectivity index (χ2v) is 6.72. The average molecular weight is 404 g/mol. The third-order valence-corrected chi connectivity index (χ3v) is 4.50. The number of benzene rings is 2. The number of anilines is 1. The maximum Gasteiger partial charge on any atom is 0.265 e. The first kappa shape index (κ1) is 20.9. The SMILES string of the molecule is Cc1cccc(NC(=O)CO/N=C(\N)c2cccc(OCc3cccnc3)c2)c1C. The summed E-state index contributed by atoms with van der Waals surface area (Å²) in [5.74, 6) is 0.484. The van der Waals surface area contributed by atoms with E-state index in [4.69, 9.17) is 15.3 Å². The first-order chi connectivity index (χ1) is 14.5. The van der Waals surface area contributed by atoms with Crippen molar-refractivity contribution in [1.82, 2.24) is 4.98 Å². The van der Waals surface area contributed by atoms with Crippen LogP contribution in [0.25, 0.3) is 0 Å². The molecule has 0 aliphatic rings. The number of aromatic nitrogens is 1. The summed E-state index contributed by atoms with van der Waals surface area (Å²) in [5.41, 5.74) is 10.4. The van der Waals surface area contributed by atoms with Gasteiger partial charge in [0.05, 0.1) is 0 Å². The molecule has 1 amide bonds. The molecule has 1 heterocycles. The van der Waals surface area contributed by atoms with Gasteiger partial charge in [0, 0.05) is 29.2 Å². The Balaban J connectivity index is 1.53. The zero-order valence-electron chi connectivity index (χ0n) is 17.0. The largest absolute Gasteiger partial charge is 0.489 e. The number of carbonyl (C=O) groups is 1. The lowest BCUT2D eigenvalue weighted by Gasteiger charge is -2.10. The summed E-state index contributed by atoms with van der Waals surface area (Å²) in [7, 11) is 0. The summed E-state index contributed by atoms with van der Waals surface area (Å²) in [6, 6.07) is 16.7. The molecule has 0 atom stereocenters. The molecule has 2 aromatic carbocycles. The molecule has 0 aliphatic heterocycles. The average Bonchev–Trinajstić information content (AvgIpc) is 2.76. The van der Waals surface area contributed by atoms with Crippen molar-refractivity contribution < 1.29 is 14.4 Å². The van der Waals surface area contributed by atoms with E-state index in [1.807, 2.05) is 56.3 Å². The van der Waals surface area contributed by atoms with Gasteiger partial charge in [0.1, 0.15) is 12.4 Å². The van der Waals surface area contributed by atoms with Crippen LogP contribution in [0.4, 0.5) is 5.69 Å². The normalized spacial score (nSPS) is 11.1. The van der Waals surface area contributed by atoms with Crippen molar-refractivity contribution in [2.45, 2.75) is 20.5 Å². The molecule has 30 heavy (non-hydrogen) atoms. The second kappa shape index (κ2) is 10.1. The van der Waals surface area contributed by atoms with Gasteiger partial charge in [-0.05, 0) is 49.2 Å². The Morgan fingerprint density at radius 3 is 2.77 bits per heavy atom. The monoisotopic (exact) mass is 404 g/mol. The highest BCUT2D eigenvalue weighted by atomic mass is 16.6. The fourth-order valence-electron chi connectivity index (χ4n) is 2.68. The maximum absolute atomic E-state index is 12.1. The lowest BCUT2D eigenvalue weighted by Crippen LogP contribution is -2.20. The molecule has 0 saturated heterocycles. The van der Waals surface area contributed by atoms with Crippen LogP contribution in [0, 0.1) is 13.8 Å². The van der Waals surface area contributed by atoms with Gasteiger partial charge in [0.2, 0.25) is 0 Å². The number of nitrogens with one attached hydrogen (secondary N) is 1. The summed E-state index contributed by atoms with van der Waals surface area (Å²) >= 11 is 0. The maximum atomic E-state index is 12.1. The molecule has 0 spiro atoms. The van der Waals surface area contributed by atoms with Crippen LogP contribution in [0.3, 0.4) is 0 Å². The molecule has 0 unspecified atom stereocenters. The van der Waals surface area contributed by atoms with Gasteiger partial charge >= 0.3 is 0 Å². The Labute approximate surface area is 175 Å². The van der Waals surface area contributed by atoms with Crippen LogP contribution in [0.1, 0.15) is 22.3 Å². The third kappa shape index (κ3) is 5.81. The van der Waals surface area contributed by atoms with Crippen LogP contribution in [0.15, 0.2) is 72.1 Å². The van der Waals surface area contributed by atoms with Gasteiger partial charge in [0.25, 0.3) is 5.91 Å². The molecule has 3 rings (SSSR count). The van der Waals surface area contributed by atoms with Crippen molar-refractivity contribution in [2.24, 2.45) is 10.9 Å². The van der Waals surface area contributed by atoms with Gasteiger partial charge in [-0.15, -0.1) is 0 Å². The lowest BCUT2D eigenvalue weighted by molar-refractivity contribution is -0.120. The van der Waals surface area contributed by atoms with E-state index in [-0.39, 0.29) is 18.3 Å². The molecule has 3 N–H and O–H groups in total. The van der Waals surface area contributed by atoms with E-state index in [2.05, 4.69) is 15.5 Å². The highest BCUT2D eigenvalue weighted by molar-refractivity contribution is 5.97. The lowest BCUT2D eigenvalue weighted by atomic mass is 10.1.